The summed E-state index contributed by atoms with van der Waals surface area (Å²) >= 11 is 0. The van der Waals surface area contributed by atoms with E-state index in [2.05, 4.69) is 32.9 Å². The monoisotopic (exact) mass is 233 g/mol. The molecule has 1 aromatic carbocycles. The second kappa shape index (κ2) is 4.06. The van der Waals surface area contributed by atoms with Gasteiger partial charge in [-0.25, -0.2) is 4.79 Å². The molecule has 1 aliphatic heterocycles. The minimum Gasteiger partial charge on any atom is -0.465 e. The van der Waals surface area contributed by atoms with Gasteiger partial charge >= 0.3 is 6.09 Å². The van der Waals surface area contributed by atoms with E-state index in [1.54, 1.807) is 4.90 Å². The first-order chi connectivity index (χ1) is 7.91. The normalized spacial score (nSPS) is 19.9. The van der Waals surface area contributed by atoms with Gasteiger partial charge in [-0.3, -0.25) is 0 Å². The topological polar surface area (TPSA) is 40.5 Å². The lowest BCUT2D eigenvalue weighted by atomic mass is 9.77. The Morgan fingerprint density at radius 1 is 1.35 bits per heavy atom. The lowest BCUT2D eigenvalue weighted by molar-refractivity contribution is 0.0759. The molecule has 1 heterocycles. The highest BCUT2D eigenvalue weighted by molar-refractivity contribution is 5.66. The number of rotatable bonds is 0. The van der Waals surface area contributed by atoms with E-state index in [1.807, 2.05) is 12.1 Å². The molecule has 0 aromatic heterocycles. The molecule has 1 amide bonds. The molecule has 0 spiro atoms. The van der Waals surface area contributed by atoms with Crippen LogP contribution in [0.3, 0.4) is 0 Å². The lowest BCUT2D eigenvalue weighted by Gasteiger charge is -2.43. The fourth-order valence-electron chi connectivity index (χ4n) is 2.71. The predicted molar refractivity (Wildman–Crippen MR) is 67.1 cm³/mol. The van der Waals surface area contributed by atoms with Crippen LogP contribution in [0.5, 0.6) is 0 Å². The molecule has 0 fully saturated rings. The lowest BCUT2D eigenvalue weighted by Crippen LogP contribution is -2.44. The maximum atomic E-state index is 11.3. The van der Waals surface area contributed by atoms with Crippen LogP contribution in [-0.4, -0.2) is 22.6 Å². The Morgan fingerprint density at radius 2 is 2.00 bits per heavy atom. The molecule has 0 bridgehead atoms. The van der Waals surface area contributed by atoms with Crippen molar-refractivity contribution >= 4 is 6.09 Å². The molecule has 0 saturated carbocycles. The summed E-state index contributed by atoms with van der Waals surface area (Å²) in [6, 6.07) is 8.12. The smallest absolute Gasteiger partial charge is 0.407 e. The average molecular weight is 233 g/mol. The van der Waals surface area contributed by atoms with E-state index in [4.69, 9.17) is 0 Å². The molecule has 0 radical (unpaired) electrons. The van der Waals surface area contributed by atoms with E-state index >= 15 is 0 Å². The van der Waals surface area contributed by atoms with Crippen molar-refractivity contribution in [3.63, 3.8) is 0 Å². The summed E-state index contributed by atoms with van der Waals surface area (Å²) in [5.41, 5.74) is 2.35. The minimum atomic E-state index is -0.820. The number of carbonyl (C=O) groups is 1. The maximum Gasteiger partial charge on any atom is 0.407 e. The van der Waals surface area contributed by atoms with Crippen molar-refractivity contribution in [2.75, 3.05) is 6.54 Å². The van der Waals surface area contributed by atoms with Crippen LogP contribution in [0.4, 0.5) is 4.79 Å². The van der Waals surface area contributed by atoms with Crippen LogP contribution in [0.2, 0.25) is 0 Å². The molecule has 3 heteroatoms. The Bertz CT molecular complexity index is 434. The van der Waals surface area contributed by atoms with Crippen molar-refractivity contribution in [1.82, 2.24) is 4.90 Å². The molecule has 0 aliphatic carbocycles. The molecule has 2 rings (SSSR count). The second-order valence-corrected chi connectivity index (χ2v) is 5.69. The van der Waals surface area contributed by atoms with Gasteiger partial charge in [0.1, 0.15) is 0 Å². The van der Waals surface area contributed by atoms with Crippen LogP contribution in [0.25, 0.3) is 0 Å². The summed E-state index contributed by atoms with van der Waals surface area (Å²) in [5, 5.41) is 9.32. The second-order valence-electron chi connectivity index (χ2n) is 5.69. The number of nitrogens with zero attached hydrogens (tertiary/aromatic N) is 1. The first kappa shape index (κ1) is 12.0. The molecule has 1 N–H and O–H groups in total. The summed E-state index contributed by atoms with van der Waals surface area (Å²) in [4.78, 5) is 12.9. The van der Waals surface area contributed by atoms with Crippen LogP contribution >= 0.6 is 0 Å². The molecule has 1 aromatic rings. The van der Waals surface area contributed by atoms with Crippen LogP contribution in [0.15, 0.2) is 24.3 Å². The van der Waals surface area contributed by atoms with Crippen LogP contribution in [-0.2, 0) is 6.42 Å². The van der Waals surface area contributed by atoms with Gasteiger partial charge in [-0.1, -0.05) is 45.0 Å². The highest BCUT2D eigenvalue weighted by Crippen LogP contribution is 2.41. The number of amides is 1. The van der Waals surface area contributed by atoms with Gasteiger partial charge in [0.05, 0.1) is 6.04 Å². The molecule has 1 aliphatic rings. The summed E-state index contributed by atoms with van der Waals surface area (Å²) < 4.78 is 0. The van der Waals surface area contributed by atoms with E-state index in [1.165, 1.54) is 5.56 Å². The van der Waals surface area contributed by atoms with Crippen molar-refractivity contribution in [1.29, 1.82) is 0 Å². The van der Waals surface area contributed by atoms with Gasteiger partial charge in [0.2, 0.25) is 0 Å². The number of hydrogen-bond donors (Lipinski definition) is 1. The third kappa shape index (κ3) is 2.14. The molecule has 92 valence electrons. The van der Waals surface area contributed by atoms with Crippen molar-refractivity contribution < 1.29 is 9.90 Å². The van der Waals surface area contributed by atoms with Gasteiger partial charge in [0.15, 0.2) is 0 Å². The fourth-order valence-corrected chi connectivity index (χ4v) is 2.71. The Morgan fingerprint density at radius 3 is 2.59 bits per heavy atom. The minimum absolute atomic E-state index is 0.0510. The SMILES string of the molecule is CC(C)(C)C1c2ccccc2CCN1C(=O)O. The van der Waals surface area contributed by atoms with Gasteiger partial charge in [0, 0.05) is 6.54 Å². The zero-order valence-electron chi connectivity index (χ0n) is 10.6. The average Bonchev–Trinajstić information content (AvgIpc) is 2.26. The Kier molecular flexibility index (Phi) is 2.86. The van der Waals surface area contributed by atoms with Gasteiger partial charge in [-0.15, -0.1) is 0 Å². The molecule has 3 nitrogen and oxygen atoms in total. The van der Waals surface area contributed by atoms with Crippen LogP contribution in [0, 0.1) is 5.41 Å². The molecule has 1 atom stereocenters. The van der Waals surface area contributed by atoms with E-state index in [-0.39, 0.29) is 11.5 Å². The standard InChI is InChI=1S/C14H19NO2/c1-14(2,3)12-11-7-5-4-6-10(11)8-9-15(12)13(16)17/h4-7,12H,8-9H2,1-3H3,(H,16,17). The van der Waals surface area contributed by atoms with E-state index in [0.717, 1.165) is 12.0 Å². The predicted octanol–water partition coefficient (Wildman–Crippen LogP) is 3.31. The molecular formula is C14H19NO2. The van der Waals surface area contributed by atoms with Crippen LogP contribution < -0.4 is 0 Å². The van der Waals surface area contributed by atoms with Crippen molar-refractivity contribution in [2.24, 2.45) is 5.41 Å². The Labute approximate surface area is 102 Å². The van der Waals surface area contributed by atoms with Gasteiger partial charge in [0.25, 0.3) is 0 Å². The molecular weight excluding hydrogens is 214 g/mol. The summed E-state index contributed by atoms with van der Waals surface area (Å²) in [5.74, 6) is 0. The van der Waals surface area contributed by atoms with E-state index in [9.17, 15) is 9.90 Å². The fraction of sp³-hybridized carbons (Fsp3) is 0.500. The molecule has 0 saturated heterocycles. The van der Waals surface area contributed by atoms with E-state index < -0.39 is 6.09 Å². The first-order valence-corrected chi connectivity index (χ1v) is 5.98. The van der Waals surface area contributed by atoms with Crippen molar-refractivity contribution in [3.8, 4) is 0 Å². The van der Waals surface area contributed by atoms with Crippen molar-refractivity contribution in [2.45, 2.75) is 33.2 Å². The van der Waals surface area contributed by atoms with Gasteiger partial charge < -0.3 is 10.0 Å². The number of benzene rings is 1. The first-order valence-electron chi connectivity index (χ1n) is 5.98. The van der Waals surface area contributed by atoms with Gasteiger partial charge in [-0.2, -0.15) is 0 Å². The van der Waals surface area contributed by atoms with Crippen LogP contribution in [0.1, 0.15) is 37.9 Å². The van der Waals surface area contributed by atoms with Crippen molar-refractivity contribution in [3.05, 3.63) is 35.4 Å². The number of hydrogen-bond acceptors (Lipinski definition) is 1. The van der Waals surface area contributed by atoms with Gasteiger partial charge in [-0.05, 0) is 23.0 Å². The Hall–Kier alpha value is -1.51. The highest BCUT2D eigenvalue weighted by Gasteiger charge is 2.38. The highest BCUT2D eigenvalue weighted by atomic mass is 16.4. The molecule has 1 unspecified atom stereocenters. The summed E-state index contributed by atoms with van der Waals surface area (Å²) in [6.07, 6.45) is -0.00544. The third-order valence-corrected chi connectivity index (χ3v) is 3.35. The number of carboxylic acid groups (broad SMARTS) is 1. The largest absolute Gasteiger partial charge is 0.465 e. The zero-order chi connectivity index (χ0) is 12.6. The quantitative estimate of drug-likeness (QED) is 0.746. The maximum absolute atomic E-state index is 11.3. The number of fused-ring (bicyclic) bond motifs is 1. The summed E-state index contributed by atoms with van der Waals surface area (Å²) in [7, 11) is 0. The van der Waals surface area contributed by atoms with E-state index in [0.29, 0.717) is 6.54 Å². The zero-order valence-corrected chi connectivity index (χ0v) is 10.6. The molecule has 17 heavy (non-hydrogen) atoms. The third-order valence-electron chi connectivity index (χ3n) is 3.35. The summed E-state index contributed by atoms with van der Waals surface area (Å²) in [6.45, 7) is 6.87. The Balaban J connectivity index is 2.50.